The number of carbonyl (C=O) groups is 1. The molecule has 0 aliphatic heterocycles. The average Bonchev–Trinajstić information content (AvgIpc) is 3.21. The molecule has 0 fully saturated rings. The summed E-state index contributed by atoms with van der Waals surface area (Å²) in [5.41, 5.74) is -0.423. The molecule has 6 nitrogen and oxygen atoms in total. The molecule has 0 amide bonds. The van der Waals surface area contributed by atoms with Crippen molar-refractivity contribution in [2.45, 2.75) is 19.5 Å². The molecular formula is C20H14F3N3O3. The predicted octanol–water partition coefficient (Wildman–Crippen LogP) is 6.03. The maximum absolute atomic E-state index is 13.3. The van der Waals surface area contributed by atoms with Crippen molar-refractivity contribution in [3.63, 3.8) is 0 Å². The van der Waals surface area contributed by atoms with Crippen LogP contribution in [0.25, 0.3) is 33.1 Å². The molecule has 9 heteroatoms. The molecule has 29 heavy (non-hydrogen) atoms. The smallest absolute Gasteiger partial charge is 0.418 e. The number of halogens is 3. The van der Waals surface area contributed by atoms with Gasteiger partial charge in [0.25, 0.3) is 0 Å². The number of alkyl halides is 3. The van der Waals surface area contributed by atoms with E-state index in [1.807, 2.05) is 0 Å². The third-order valence-corrected chi connectivity index (χ3v) is 4.87. The van der Waals surface area contributed by atoms with E-state index in [4.69, 9.17) is 0 Å². The molecule has 3 N–H and O–H groups in total. The van der Waals surface area contributed by atoms with Crippen molar-refractivity contribution in [2.24, 2.45) is 5.18 Å². The van der Waals surface area contributed by atoms with Gasteiger partial charge < -0.3 is 15.1 Å². The third kappa shape index (κ3) is 2.86. The zero-order chi connectivity index (χ0) is 20.9. The van der Waals surface area contributed by atoms with E-state index >= 15 is 0 Å². The first-order valence-electron chi connectivity index (χ1n) is 8.69. The zero-order valence-corrected chi connectivity index (χ0v) is 15.0. The Morgan fingerprint density at radius 1 is 1.14 bits per heavy atom. The quantitative estimate of drug-likeness (QED) is 0.288. The first kappa shape index (κ1) is 18.7. The van der Waals surface area contributed by atoms with Gasteiger partial charge in [0.05, 0.1) is 22.3 Å². The maximum Gasteiger partial charge on any atom is 0.418 e. The molecule has 0 atom stereocenters. The number of fused-ring (bicyclic) bond motifs is 2. The van der Waals surface area contributed by atoms with Gasteiger partial charge in [-0.05, 0) is 29.4 Å². The number of para-hydroxylation sites is 1. The van der Waals surface area contributed by atoms with Crippen molar-refractivity contribution in [1.82, 2.24) is 9.97 Å². The second-order valence-electron chi connectivity index (χ2n) is 6.55. The second-order valence-corrected chi connectivity index (χ2v) is 6.55. The van der Waals surface area contributed by atoms with Crippen molar-refractivity contribution >= 4 is 33.3 Å². The second kappa shape index (κ2) is 6.47. The van der Waals surface area contributed by atoms with Crippen molar-refractivity contribution < 1.29 is 23.1 Å². The number of aromatic hydroxyl groups is 1. The summed E-state index contributed by atoms with van der Waals surface area (Å²) in [5.74, 6) is -0.658. The first-order chi connectivity index (χ1) is 13.8. The van der Waals surface area contributed by atoms with Gasteiger partial charge in [0.1, 0.15) is 5.69 Å². The van der Waals surface area contributed by atoms with Gasteiger partial charge in [-0.3, -0.25) is 4.79 Å². The summed E-state index contributed by atoms with van der Waals surface area (Å²) < 4.78 is 40.0. The fourth-order valence-corrected chi connectivity index (χ4v) is 3.52. The lowest BCUT2D eigenvalue weighted by Gasteiger charge is -2.07. The minimum Gasteiger partial charge on any atom is -0.494 e. The fourth-order valence-electron chi connectivity index (χ4n) is 3.52. The normalized spacial score (nSPS) is 12.0. The molecule has 2 heterocycles. The number of aromatic amines is 2. The lowest BCUT2D eigenvalue weighted by atomic mass is 10.0. The molecule has 2 aromatic heterocycles. The number of rotatable bonds is 4. The number of aromatic nitrogens is 2. The number of Topliss-reactive ketones (excluding diaryl/α,β-unsaturated/α-hetero) is 1. The molecule has 0 radical (unpaired) electrons. The summed E-state index contributed by atoms with van der Waals surface area (Å²) in [6.07, 6.45) is -4.36. The van der Waals surface area contributed by atoms with Crippen LogP contribution >= 0.6 is 0 Å². The molecule has 0 spiro atoms. The lowest BCUT2D eigenvalue weighted by Crippen LogP contribution is -2.05. The molecule has 4 rings (SSSR count). The molecule has 0 aliphatic carbocycles. The average molecular weight is 401 g/mol. The van der Waals surface area contributed by atoms with Crippen LogP contribution in [0.5, 0.6) is 5.88 Å². The zero-order valence-electron chi connectivity index (χ0n) is 15.0. The molecule has 4 aromatic rings. The van der Waals surface area contributed by atoms with E-state index in [1.54, 1.807) is 19.1 Å². The highest BCUT2D eigenvalue weighted by Gasteiger charge is 2.34. The van der Waals surface area contributed by atoms with E-state index in [1.165, 1.54) is 18.2 Å². The minimum absolute atomic E-state index is 0.000248. The highest BCUT2D eigenvalue weighted by atomic mass is 19.4. The van der Waals surface area contributed by atoms with E-state index < -0.39 is 17.6 Å². The number of nitrogens with zero attached hydrogens (tertiary/aromatic N) is 1. The van der Waals surface area contributed by atoms with Crippen LogP contribution in [0, 0.1) is 4.91 Å². The number of H-pyrrole nitrogens is 2. The van der Waals surface area contributed by atoms with E-state index in [0.717, 1.165) is 6.07 Å². The van der Waals surface area contributed by atoms with Crippen LogP contribution in [0.2, 0.25) is 0 Å². The molecule has 0 saturated heterocycles. The summed E-state index contributed by atoms with van der Waals surface area (Å²) in [5, 5.41) is 13.8. The van der Waals surface area contributed by atoms with Crippen LogP contribution < -0.4 is 0 Å². The Labute approximate surface area is 161 Å². The number of ketones is 1. The number of nitroso groups, excluding NO2 is 1. The predicted molar refractivity (Wildman–Crippen MR) is 102 cm³/mol. The molecule has 2 aromatic carbocycles. The highest BCUT2D eigenvalue weighted by molar-refractivity contribution is 6.09. The van der Waals surface area contributed by atoms with Gasteiger partial charge in [-0.2, -0.15) is 13.2 Å². The SMILES string of the molecule is CCC(=O)c1ccc2[nH]c(-c3c(O)[nH]c4c(C(F)(F)F)cccc34)c(N=O)c2c1. The molecule has 0 aliphatic rings. The summed E-state index contributed by atoms with van der Waals surface area (Å²) in [4.78, 5) is 28.9. The number of hydrogen-bond acceptors (Lipinski definition) is 4. The lowest BCUT2D eigenvalue weighted by molar-refractivity contribution is -0.136. The van der Waals surface area contributed by atoms with Gasteiger partial charge in [0.2, 0.25) is 0 Å². The van der Waals surface area contributed by atoms with Crippen molar-refractivity contribution in [3.8, 4) is 17.1 Å². The number of benzene rings is 2. The van der Waals surface area contributed by atoms with Crippen LogP contribution in [0.4, 0.5) is 18.9 Å². The number of hydrogen-bond donors (Lipinski definition) is 3. The molecular weight excluding hydrogens is 387 g/mol. The van der Waals surface area contributed by atoms with Crippen LogP contribution in [-0.4, -0.2) is 20.9 Å². The number of nitrogens with one attached hydrogen (secondary N) is 2. The third-order valence-electron chi connectivity index (χ3n) is 4.87. The van der Waals surface area contributed by atoms with Crippen molar-refractivity contribution in [1.29, 1.82) is 0 Å². The highest BCUT2D eigenvalue weighted by Crippen LogP contribution is 2.46. The monoisotopic (exact) mass is 401 g/mol. The Bertz CT molecular complexity index is 1290. The Hall–Kier alpha value is -3.62. The molecule has 148 valence electrons. The van der Waals surface area contributed by atoms with E-state index in [2.05, 4.69) is 15.1 Å². The molecule has 0 unspecified atom stereocenters. The van der Waals surface area contributed by atoms with Crippen LogP contribution in [0.3, 0.4) is 0 Å². The Morgan fingerprint density at radius 2 is 1.90 bits per heavy atom. The topological polar surface area (TPSA) is 98.3 Å². The van der Waals surface area contributed by atoms with Crippen LogP contribution in [0.1, 0.15) is 29.3 Å². The van der Waals surface area contributed by atoms with Crippen molar-refractivity contribution in [3.05, 3.63) is 52.4 Å². The van der Waals surface area contributed by atoms with Gasteiger partial charge in [-0.25, -0.2) is 0 Å². The number of carbonyl (C=O) groups excluding carboxylic acids is 1. The van der Waals surface area contributed by atoms with Crippen molar-refractivity contribution in [2.75, 3.05) is 0 Å². The fraction of sp³-hybridized carbons (Fsp3) is 0.150. The molecule has 0 bridgehead atoms. The van der Waals surface area contributed by atoms with E-state index in [-0.39, 0.29) is 40.1 Å². The standard InChI is InChI=1S/C20H14F3N3O3/c1-2-14(27)9-6-7-13-11(8-9)17(26-29)18(24-13)15-10-4-3-5-12(20(21,22)23)16(10)25-19(15)28/h3-8,24-25,28H,2H2,1H3. The van der Waals surface area contributed by atoms with Gasteiger partial charge in [0.15, 0.2) is 11.7 Å². The summed E-state index contributed by atoms with van der Waals surface area (Å²) in [6.45, 7) is 1.70. The maximum atomic E-state index is 13.3. The van der Waals surface area contributed by atoms with Gasteiger partial charge in [-0.1, -0.05) is 19.1 Å². The van der Waals surface area contributed by atoms with Crippen LogP contribution in [-0.2, 0) is 6.18 Å². The minimum atomic E-state index is -4.63. The van der Waals surface area contributed by atoms with Gasteiger partial charge in [0, 0.05) is 28.3 Å². The molecule has 0 saturated carbocycles. The van der Waals surface area contributed by atoms with E-state index in [0.29, 0.717) is 16.5 Å². The van der Waals surface area contributed by atoms with Crippen LogP contribution in [0.15, 0.2) is 41.6 Å². The van der Waals surface area contributed by atoms with Gasteiger partial charge in [-0.15, -0.1) is 4.91 Å². The van der Waals surface area contributed by atoms with Gasteiger partial charge >= 0.3 is 6.18 Å². The summed E-state index contributed by atoms with van der Waals surface area (Å²) in [7, 11) is 0. The summed E-state index contributed by atoms with van der Waals surface area (Å²) in [6, 6.07) is 8.20. The Morgan fingerprint density at radius 3 is 2.55 bits per heavy atom. The first-order valence-corrected chi connectivity index (χ1v) is 8.69. The van der Waals surface area contributed by atoms with E-state index in [9.17, 15) is 28.0 Å². The summed E-state index contributed by atoms with van der Waals surface area (Å²) >= 11 is 0. The Balaban J connectivity index is 2.02. The Kier molecular flexibility index (Phi) is 4.18. The largest absolute Gasteiger partial charge is 0.494 e.